The van der Waals surface area contributed by atoms with Crippen LogP contribution in [-0.4, -0.2) is 47.7 Å². The molecule has 0 saturated carbocycles. The third-order valence-electron chi connectivity index (χ3n) is 4.22. The summed E-state index contributed by atoms with van der Waals surface area (Å²) in [5, 5.41) is 15.6. The van der Waals surface area contributed by atoms with Gasteiger partial charge >= 0.3 is 11.9 Å². The van der Waals surface area contributed by atoms with Gasteiger partial charge in [-0.25, -0.2) is 14.0 Å². The molecule has 1 heterocycles. The molecule has 0 radical (unpaired) electrons. The van der Waals surface area contributed by atoms with Crippen LogP contribution in [0.25, 0.3) is 5.57 Å². The summed E-state index contributed by atoms with van der Waals surface area (Å²) in [4.78, 5) is 22.5. The highest BCUT2D eigenvalue weighted by molar-refractivity contribution is 7.98. The van der Waals surface area contributed by atoms with Gasteiger partial charge < -0.3 is 15.1 Å². The van der Waals surface area contributed by atoms with E-state index in [1.807, 2.05) is 17.8 Å². The molecule has 0 aliphatic carbocycles. The minimum Gasteiger partial charge on any atom is -0.478 e. The van der Waals surface area contributed by atoms with E-state index in [9.17, 15) is 14.0 Å². The van der Waals surface area contributed by atoms with Crippen molar-refractivity contribution in [3.8, 4) is 0 Å². The Morgan fingerprint density at radius 3 is 2.37 bits per heavy atom. The van der Waals surface area contributed by atoms with Crippen LogP contribution in [0.2, 0.25) is 0 Å². The largest absolute Gasteiger partial charge is 0.478 e. The number of nitrogens with zero attached hydrogens (tertiary/aromatic N) is 1. The zero-order chi connectivity index (χ0) is 22.1. The van der Waals surface area contributed by atoms with E-state index in [4.69, 9.17) is 10.2 Å². The Kier molecular flexibility index (Phi) is 8.83. The maximum absolute atomic E-state index is 13.8. The van der Waals surface area contributed by atoms with Crippen molar-refractivity contribution in [1.82, 2.24) is 4.90 Å². The lowest BCUT2D eigenvalue weighted by Gasteiger charge is -2.13. The van der Waals surface area contributed by atoms with Gasteiger partial charge in [-0.05, 0) is 61.0 Å². The quantitative estimate of drug-likeness (QED) is 0.680. The predicted molar refractivity (Wildman–Crippen MR) is 117 cm³/mol. The Labute approximate surface area is 179 Å². The zero-order valence-corrected chi connectivity index (χ0v) is 17.7. The van der Waals surface area contributed by atoms with Crippen LogP contribution in [0.5, 0.6) is 0 Å². The maximum atomic E-state index is 13.8. The molecule has 7 heteroatoms. The number of thioether (sulfide) groups is 1. The second-order valence-corrected chi connectivity index (χ2v) is 7.82. The number of hydrogen-bond donors (Lipinski definition) is 2. The number of carboxylic acids is 2. The van der Waals surface area contributed by atoms with Gasteiger partial charge in [-0.15, -0.1) is 11.8 Å². The molecule has 0 atom stereocenters. The molecule has 0 unspecified atom stereocenters. The molecule has 158 valence electrons. The van der Waals surface area contributed by atoms with Gasteiger partial charge in [0, 0.05) is 29.3 Å². The Morgan fingerprint density at radius 2 is 1.73 bits per heavy atom. The molecule has 0 fully saturated rings. The molecule has 1 aliphatic rings. The monoisotopic (exact) mass is 429 g/mol. The van der Waals surface area contributed by atoms with Gasteiger partial charge in [0.05, 0.1) is 0 Å². The Hall–Kier alpha value is -2.90. The fraction of sp³-hybridized carbons (Fsp3) is 0.217. The second kappa shape index (κ2) is 11.3. The van der Waals surface area contributed by atoms with Crippen molar-refractivity contribution in [2.45, 2.75) is 17.1 Å². The highest BCUT2D eigenvalue weighted by Gasteiger charge is 2.18. The lowest BCUT2D eigenvalue weighted by Crippen LogP contribution is -2.12. The van der Waals surface area contributed by atoms with E-state index in [1.54, 1.807) is 12.1 Å². The third kappa shape index (κ3) is 7.17. The smallest absolute Gasteiger partial charge is 0.328 e. The highest BCUT2D eigenvalue weighted by Crippen LogP contribution is 2.40. The summed E-state index contributed by atoms with van der Waals surface area (Å²) in [5.41, 5.74) is 4.63. The lowest BCUT2D eigenvalue weighted by molar-refractivity contribution is -0.134. The van der Waals surface area contributed by atoms with Crippen LogP contribution in [0.3, 0.4) is 0 Å². The molecular formula is C23H24FNO4S. The Bertz CT molecular complexity index is 953. The van der Waals surface area contributed by atoms with Crippen molar-refractivity contribution in [2.75, 3.05) is 20.6 Å². The van der Waals surface area contributed by atoms with E-state index >= 15 is 0 Å². The maximum Gasteiger partial charge on any atom is 0.328 e. The molecule has 30 heavy (non-hydrogen) atoms. The van der Waals surface area contributed by atoms with E-state index in [0.717, 1.165) is 29.9 Å². The molecule has 0 bridgehead atoms. The summed E-state index contributed by atoms with van der Waals surface area (Å²) >= 11 is 1.83. The molecule has 0 spiro atoms. The molecule has 0 amide bonds. The van der Waals surface area contributed by atoms with E-state index in [-0.39, 0.29) is 5.82 Å². The molecule has 2 N–H and O–H groups in total. The normalized spacial score (nSPS) is 13.9. The van der Waals surface area contributed by atoms with Crippen LogP contribution < -0.4 is 0 Å². The van der Waals surface area contributed by atoms with Gasteiger partial charge in [-0.1, -0.05) is 30.3 Å². The number of rotatable bonds is 5. The first-order valence-corrected chi connectivity index (χ1v) is 10.3. The van der Waals surface area contributed by atoms with Crippen LogP contribution in [0.4, 0.5) is 4.39 Å². The topological polar surface area (TPSA) is 77.8 Å². The summed E-state index contributed by atoms with van der Waals surface area (Å²) in [6.45, 7) is 0.990. The molecule has 2 aromatic rings. The Balaban J connectivity index is 0.000000343. The fourth-order valence-electron chi connectivity index (χ4n) is 2.87. The molecule has 1 aliphatic heterocycles. The van der Waals surface area contributed by atoms with Crippen molar-refractivity contribution in [1.29, 1.82) is 0 Å². The average molecular weight is 430 g/mol. The van der Waals surface area contributed by atoms with Gasteiger partial charge in [-0.3, -0.25) is 0 Å². The first kappa shape index (κ1) is 23.4. The zero-order valence-electron chi connectivity index (χ0n) is 16.8. The molecule has 0 saturated heterocycles. The minimum absolute atomic E-state index is 0.165. The third-order valence-corrected chi connectivity index (χ3v) is 5.34. The molecule has 3 rings (SSSR count). The summed E-state index contributed by atoms with van der Waals surface area (Å²) in [6, 6.07) is 13.6. The summed E-state index contributed by atoms with van der Waals surface area (Å²) in [6.07, 6.45) is 4.32. The van der Waals surface area contributed by atoms with Crippen LogP contribution >= 0.6 is 11.8 Å². The summed E-state index contributed by atoms with van der Waals surface area (Å²) in [5.74, 6) is -1.79. The van der Waals surface area contributed by atoms with Crippen LogP contribution in [-0.2, 0) is 15.3 Å². The van der Waals surface area contributed by atoms with Crippen molar-refractivity contribution in [2.24, 2.45) is 0 Å². The first-order chi connectivity index (χ1) is 14.3. The number of aliphatic carboxylic acids is 2. The van der Waals surface area contributed by atoms with E-state index < -0.39 is 11.9 Å². The van der Waals surface area contributed by atoms with Crippen molar-refractivity contribution < 1.29 is 24.2 Å². The number of carbonyl (C=O) groups is 2. The minimum atomic E-state index is -1.26. The van der Waals surface area contributed by atoms with Crippen LogP contribution in [0, 0.1) is 5.82 Å². The van der Waals surface area contributed by atoms with Crippen LogP contribution in [0.1, 0.15) is 23.1 Å². The van der Waals surface area contributed by atoms with E-state index in [2.05, 4.69) is 49.3 Å². The average Bonchev–Trinajstić information content (AvgIpc) is 2.84. The number of hydrogen-bond acceptors (Lipinski definition) is 4. The van der Waals surface area contributed by atoms with Gasteiger partial charge in [0.2, 0.25) is 0 Å². The van der Waals surface area contributed by atoms with Gasteiger partial charge in [0.15, 0.2) is 0 Å². The van der Waals surface area contributed by atoms with Crippen LogP contribution in [0.15, 0.2) is 65.6 Å². The molecular weight excluding hydrogens is 405 g/mol. The summed E-state index contributed by atoms with van der Waals surface area (Å²) in [7, 11) is 4.14. The standard InChI is InChI=1S/C19H20FNS.C4H4O4/c1-21(2)11-5-7-16-17-6-3-4-8-19(17)22-13-14-9-10-15(20)12-18(14)16;5-3(6)1-2-4(7)8/h3-4,6-10,12H,5,11,13H2,1-2H3;1-2H,(H,5,6)(H,7,8)/b16-7+;2-1-. The number of halogens is 1. The number of fused-ring (bicyclic) bond motifs is 2. The molecule has 2 aromatic carbocycles. The van der Waals surface area contributed by atoms with E-state index in [0.29, 0.717) is 12.2 Å². The lowest BCUT2D eigenvalue weighted by atomic mass is 9.93. The SMILES string of the molecule is CN(C)CC/C=C1/c2cc(F)ccc2CSc2ccccc21.O=C(O)/C=C\C(=O)O. The van der Waals surface area contributed by atoms with Crippen molar-refractivity contribution in [3.63, 3.8) is 0 Å². The predicted octanol–water partition coefficient (Wildman–Crippen LogP) is 4.53. The van der Waals surface area contributed by atoms with Crippen molar-refractivity contribution >= 4 is 29.3 Å². The van der Waals surface area contributed by atoms with Crippen molar-refractivity contribution in [3.05, 3.63) is 83.2 Å². The molecule has 0 aromatic heterocycles. The number of carboxylic acid groups (broad SMARTS) is 2. The Morgan fingerprint density at radius 1 is 1.07 bits per heavy atom. The first-order valence-electron chi connectivity index (χ1n) is 9.27. The van der Waals surface area contributed by atoms with Gasteiger partial charge in [-0.2, -0.15) is 0 Å². The molecule has 5 nitrogen and oxygen atoms in total. The second-order valence-electron chi connectivity index (χ2n) is 6.81. The summed E-state index contributed by atoms with van der Waals surface area (Å²) < 4.78 is 13.8. The van der Waals surface area contributed by atoms with Gasteiger partial charge in [0.25, 0.3) is 0 Å². The van der Waals surface area contributed by atoms with Gasteiger partial charge in [0.1, 0.15) is 5.82 Å². The fourth-order valence-corrected chi connectivity index (χ4v) is 3.94. The van der Waals surface area contributed by atoms with E-state index in [1.165, 1.54) is 16.0 Å². The highest BCUT2D eigenvalue weighted by atomic mass is 32.2. The number of benzene rings is 2.